The fourth-order valence-corrected chi connectivity index (χ4v) is 3.01. The number of allylic oxidation sites excluding steroid dienone is 1. The Balaban J connectivity index is 1.97. The van der Waals surface area contributed by atoms with Crippen LogP contribution < -0.4 is 10.6 Å². The van der Waals surface area contributed by atoms with Gasteiger partial charge in [-0.05, 0) is 25.8 Å². The number of halogens is 1. The van der Waals surface area contributed by atoms with Crippen LogP contribution in [0, 0.1) is 5.82 Å². The highest BCUT2D eigenvalue weighted by Gasteiger charge is 2.23. The van der Waals surface area contributed by atoms with Gasteiger partial charge in [0.15, 0.2) is 5.82 Å². The maximum Gasteiger partial charge on any atom is 0.325 e. The second-order valence-electron chi connectivity index (χ2n) is 6.29. The Labute approximate surface area is 165 Å². The molecule has 1 atom stereocenters. The molecule has 0 saturated carbocycles. The van der Waals surface area contributed by atoms with Crippen molar-refractivity contribution in [3.05, 3.63) is 41.5 Å². The predicted molar refractivity (Wildman–Crippen MR) is 108 cm³/mol. The number of anilines is 1. The average Bonchev–Trinajstić information content (AvgIpc) is 3.26. The molecule has 10 heteroatoms. The lowest BCUT2D eigenvalue weighted by atomic mass is 10.0. The van der Waals surface area contributed by atoms with Gasteiger partial charge in [0, 0.05) is 36.2 Å². The number of pyridine rings is 1. The van der Waals surface area contributed by atoms with Crippen molar-refractivity contribution in [2.45, 2.75) is 19.5 Å². The van der Waals surface area contributed by atoms with Crippen LogP contribution in [-0.2, 0) is 16.1 Å². The third-order valence-electron chi connectivity index (χ3n) is 4.37. The van der Waals surface area contributed by atoms with Crippen LogP contribution in [-0.4, -0.2) is 52.6 Å². The van der Waals surface area contributed by atoms with Crippen molar-refractivity contribution in [1.29, 1.82) is 0 Å². The number of hydrogen-bond donors (Lipinski definition) is 3. The Morgan fingerprint density at radius 1 is 1.45 bits per heavy atom. The summed E-state index contributed by atoms with van der Waals surface area (Å²) in [5.74, 6) is -1.13. The van der Waals surface area contributed by atoms with Gasteiger partial charge in [-0.25, -0.2) is 14.4 Å². The van der Waals surface area contributed by atoms with E-state index in [0.717, 1.165) is 6.20 Å². The number of rotatable bonds is 7. The number of nitrogens with one attached hydrogen (secondary N) is 2. The van der Waals surface area contributed by atoms with Crippen LogP contribution in [0.2, 0.25) is 0 Å². The summed E-state index contributed by atoms with van der Waals surface area (Å²) in [5, 5.41) is 14.3. The second-order valence-corrected chi connectivity index (χ2v) is 6.29. The number of carboxylic acid groups (broad SMARTS) is 1. The molecule has 0 saturated heterocycles. The van der Waals surface area contributed by atoms with Crippen LogP contribution in [0.4, 0.5) is 16.0 Å². The smallest absolute Gasteiger partial charge is 0.325 e. The summed E-state index contributed by atoms with van der Waals surface area (Å²) >= 11 is 0. The van der Waals surface area contributed by atoms with Crippen LogP contribution in [0.15, 0.2) is 34.5 Å². The van der Waals surface area contributed by atoms with Gasteiger partial charge in [0.2, 0.25) is 5.91 Å². The minimum atomic E-state index is -1.12. The number of aliphatic imine (C=N–C) groups is 2. The van der Waals surface area contributed by atoms with Gasteiger partial charge in [-0.15, -0.1) is 0 Å². The van der Waals surface area contributed by atoms with Gasteiger partial charge in [0.1, 0.15) is 24.2 Å². The molecule has 1 aliphatic rings. The number of fused-ring (bicyclic) bond motifs is 1. The Kier molecular flexibility index (Phi) is 5.53. The first-order valence-electron chi connectivity index (χ1n) is 8.66. The van der Waals surface area contributed by atoms with Crippen molar-refractivity contribution in [3.63, 3.8) is 0 Å². The molecule has 150 valence electrons. The van der Waals surface area contributed by atoms with E-state index in [1.54, 1.807) is 30.1 Å². The van der Waals surface area contributed by atoms with Crippen molar-refractivity contribution in [2.75, 3.05) is 12.4 Å². The number of hydrogen-bond acceptors (Lipinski definition) is 6. The van der Waals surface area contributed by atoms with Crippen molar-refractivity contribution in [1.82, 2.24) is 14.9 Å². The van der Waals surface area contributed by atoms with Crippen molar-refractivity contribution >= 4 is 47.7 Å². The van der Waals surface area contributed by atoms with Gasteiger partial charge in [-0.2, -0.15) is 0 Å². The van der Waals surface area contributed by atoms with E-state index >= 15 is 0 Å². The Bertz CT molecular complexity index is 1060. The Hall–Kier alpha value is -3.82. The molecule has 0 bridgehead atoms. The first-order chi connectivity index (χ1) is 13.8. The van der Waals surface area contributed by atoms with E-state index in [1.807, 2.05) is 0 Å². The zero-order chi connectivity index (χ0) is 21.1. The average molecular weight is 398 g/mol. The van der Waals surface area contributed by atoms with E-state index in [4.69, 9.17) is 5.11 Å². The quantitative estimate of drug-likeness (QED) is 0.616. The lowest BCUT2D eigenvalue weighted by Crippen LogP contribution is -2.40. The SMILES string of the molecule is C=NC(=C1C=Nc2ncc(F)cc21)c1ccn(CC(=O)N[C@@H](C)C(=O)O)c1NC. The highest BCUT2D eigenvalue weighted by atomic mass is 19.1. The molecule has 0 spiro atoms. The summed E-state index contributed by atoms with van der Waals surface area (Å²) in [7, 11) is 1.68. The van der Waals surface area contributed by atoms with E-state index in [9.17, 15) is 14.0 Å². The summed E-state index contributed by atoms with van der Waals surface area (Å²) in [4.78, 5) is 35.3. The molecule has 0 radical (unpaired) electrons. The molecule has 1 aliphatic heterocycles. The molecular weight excluding hydrogens is 379 g/mol. The second kappa shape index (κ2) is 8.05. The fraction of sp³-hybridized carbons (Fsp3) is 0.211. The Morgan fingerprint density at radius 2 is 2.21 bits per heavy atom. The number of aromatic nitrogens is 2. The molecule has 0 aliphatic carbocycles. The number of carbonyl (C=O) groups excluding carboxylic acids is 1. The Morgan fingerprint density at radius 3 is 2.86 bits per heavy atom. The van der Waals surface area contributed by atoms with Crippen molar-refractivity contribution < 1.29 is 19.1 Å². The third-order valence-corrected chi connectivity index (χ3v) is 4.37. The summed E-state index contributed by atoms with van der Waals surface area (Å²) in [6, 6.07) is 2.05. The zero-order valence-corrected chi connectivity index (χ0v) is 15.8. The molecule has 0 aromatic carbocycles. The van der Waals surface area contributed by atoms with Crippen LogP contribution in [0.5, 0.6) is 0 Å². The minimum absolute atomic E-state index is 0.103. The number of aliphatic carboxylic acids is 1. The van der Waals surface area contributed by atoms with Gasteiger partial charge in [-0.1, -0.05) is 0 Å². The summed E-state index contributed by atoms with van der Waals surface area (Å²) in [6.45, 7) is 4.90. The lowest BCUT2D eigenvalue weighted by molar-refractivity contribution is -0.141. The monoisotopic (exact) mass is 398 g/mol. The van der Waals surface area contributed by atoms with Crippen LogP contribution >= 0.6 is 0 Å². The maximum absolute atomic E-state index is 13.7. The van der Waals surface area contributed by atoms with E-state index in [-0.39, 0.29) is 6.54 Å². The summed E-state index contributed by atoms with van der Waals surface area (Å²) in [5.41, 5.74) is 2.12. The molecule has 3 heterocycles. The predicted octanol–water partition coefficient (Wildman–Crippen LogP) is 1.94. The zero-order valence-electron chi connectivity index (χ0n) is 15.8. The van der Waals surface area contributed by atoms with E-state index in [0.29, 0.717) is 34.0 Å². The number of carbonyl (C=O) groups is 2. The third kappa shape index (κ3) is 3.91. The number of carboxylic acids is 1. The van der Waals surface area contributed by atoms with E-state index in [2.05, 4.69) is 32.3 Å². The molecule has 3 N–H and O–H groups in total. The topological polar surface area (TPSA) is 121 Å². The van der Waals surface area contributed by atoms with Crippen LogP contribution in [0.25, 0.3) is 11.3 Å². The summed E-state index contributed by atoms with van der Waals surface area (Å²) < 4.78 is 15.3. The molecule has 3 rings (SSSR count). The molecule has 0 unspecified atom stereocenters. The molecule has 29 heavy (non-hydrogen) atoms. The van der Waals surface area contributed by atoms with Crippen molar-refractivity contribution in [2.24, 2.45) is 9.98 Å². The normalized spacial score (nSPS) is 14.9. The molecular formula is C19H19FN6O3. The first-order valence-corrected chi connectivity index (χ1v) is 8.66. The molecule has 1 amide bonds. The first kappa shape index (κ1) is 19.9. The minimum Gasteiger partial charge on any atom is -0.480 e. The highest BCUT2D eigenvalue weighted by molar-refractivity contribution is 6.24. The van der Waals surface area contributed by atoms with Gasteiger partial charge in [-0.3, -0.25) is 14.6 Å². The van der Waals surface area contributed by atoms with Crippen LogP contribution in [0.3, 0.4) is 0 Å². The summed E-state index contributed by atoms with van der Waals surface area (Å²) in [6.07, 6.45) is 4.29. The molecule has 2 aromatic rings. The van der Waals surface area contributed by atoms with Crippen LogP contribution in [0.1, 0.15) is 18.1 Å². The number of nitrogens with zero attached hydrogens (tertiary/aromatic N) is 4. The standard InChI is InChI=1S/C19H19FN6O3/c1-10(19(28)29)25-15(27)9-26-5-4-12(18(26)22-3)16(21-2)14-8-24-17-13(14)6-11(20)7-23-17/h4-8,10,22H,2,9H2,1,3H3,(H,25,27)(H,28,29)/t10-/m0/s1. The highest BCUT2D eigenvalue weighted by Crippen LogP contribution is 2.38. The largest absolute Gasteiger partial charge is 0.480 e. The van der Waals surface area contributed by atoms with E-state index in [1.165, 1.54) is 13.0 Å². The molecule has 2 aromatic heterocycles. The van der Waals surface area contributed by atoms with Gasteiger partial charge >= 0.3 is 5.97 Å². The van der Waals surface area contributed by atoms with E-state index < -0.39 is 23.7 Å². The molecule has 0 fully saturated rings. The van der Waals surface area contributed by atoms with Gasteiger partial charge in [0.05, 0.1) is 11.9 Å². The lowest BCUT2D eigenvalue weighted by Gasteiger charge is -2.14. The van der Waals surface area contributed by atoms with Gasteiger partial charge in [0.25, 0.3) is 0 Å². The maximum atomic E-state index is 13.7. The molecule has 9 nitrogen and oxygen atoms in total. The van der Waals surface area contributed by atoms with Gasteiger partial charge < -0.3 is 20.3 Å². The van der Waals surface area contributed by atoms with Crippen molar-refractivity contribution in [3.8, 4) is 0 Å². The fourth-order valence-electron chi connectivity index (χ4n) is 3.01. The number of amides is 1.